The maximum Gasteiger partial charge on any atom is 0.442 e. The molecule has 0 radical (unpaired) electrons. The second-order valence-electron chi connectivity index (χ2n) is 6.05. The summed E-state index contributed by atoms with van der Waals surface area (Å²) in [4.78, 5) is 24.4. The Morgan fingerprint density at radius 1 is 1.38 bits per heavy atom. The van der Waals surface area contributed by atoms with Crippen molar-refractivity contribution in [2.45, 2.75) is 24.3 Å². The van der Waals surface area contributed by atoms with E-state index in [0.29, 0.717) is 13.0 Å². The number of carbonyl (C=O) groups is 2. The first-order chi connectivity index (χ1) is 12.3. The normalized spacial score (nSPS) is 21.9. The van der Waals surface area contributed by atoms with Crippen LogP contribution in [0.2, 0.25) is 0 Å². The Hall–Kier alpha value is -2.49. The molecule has 0 aliphatic carbocycles. The Morgan fingerprint density at radius 2 is 2.12 bits per heavy atom. The molecule has 1 aromatic rings. The zero-order valence-electron chi connectivity index (χ0n) is 13.7. The van der Waals surface area contributed by atoms with Gasteiger partial charge in [0.25, 0.3) is 5.91 Å². The van der Waals surface area contributed by atoms with Gasteiger partial charge in [-0.2, -0.15) is 13.2 Å². The highest BCUT2D eigenvalue weighted by atomic mass is 19.4. The predicted molar refractivity (Wildman–Crippen MR) is 81.2 cm³/mol. The molecule has 1 saturated heterocycles. The van der Waals surface area contributed by atoms with Crippen LogP contribution in [-0.2, 0) is 19.9 Å². The monoisotopic (exact) mass is 371 g/mol. The summed E-state index contributed by atoms with van der Waals surface area (Å²) >= 11 is 0. The van der Waals surface area contributed by atoms with Gasteiger partial charge in [0, 0.05) is 23.7 Å². The minimum Gasteiger partial charge on any atom is -0.467 e. The number of benzene rings is 1. The van der Waals surface area contributed by atoms with E-state index in [0.717, 1.165) is 6.07 Å². The van der Waals surface area contributed by atoms with Crippen molar-refractivity contribution in [3.63, 3.8) is 0 Å². The van der Waals surface area contributed by atoms with Gasteiger partial charge in [0.15, 0.2) is 0 Å². The van der Waals surface area contributed by atoms with Crippen molar-refractivity contribution in [1.29, 1.82) is 0 Å². The molecular formula is C16H16F3N3O4. The van der Waals surface area contributed by atoms with E-state index in [9.17, 15) is 22.8 Å². The van der Waals surface area contributed by atoms with E-state index >= 15 is 0 Å². The topological polar surface area (TPSA) is 89.3 Å². The number of carbonyl (C=O) groups excluding carboxylic acids is 2. The lowest BCUT2D eigenvalue weighted by Crippen LogP contribution is -2.47. The number of halogens is 3. The third kappa shape index (κ3) is 3.28. The second kappa shape index (κ2) is 6.67. The Balaban J connectivity index is 1.79. The SMILES string of the molecule is COC(=O)C(NC(=O)c1cccc(C2(C(F)(F)F)N=N2)c1)C1CCOC1. The van der Waals surface area contributed by atoms with E-state index in [1.807, 2.05) is 0 Å². The number of hydrogen-bond donors (Lipinski definition) is 1. The molecule has 1 amide bonds. The molecule has 1 N–H and O–H groups in total. The van der Waals surface area contributed by atoms with Crippen molar-refractivity contribution in [2.75, 3.05) is 20.3 Å². The Kier molecular flexibility index (Phi) is 4.70. The molecule has 10 heteroatoms. The van der Waals surface area contributed by atoms with Crippen molar-refractivity contribution in [2.24, 2.45) is 16.1 Å². The van der Waals surface area contributed by atoms with Crippen molar-refractivity contribution < 1.29 is 32.2 Å². The van der Waals surface area contributed by atoms with E-state index in [4.69, 9.17) is 9.47 Å². The third-order valence-corrected chi connectivity index (χ3v) is 4.40. The number of methoxy groups -OCH3 is 1. The van der Waals surface area contributed by atoms with Gasteiger partial charge in [-0.1, -0.05) is 12.1 Å². The number of amides is 1. The lowest BCUT2D eigenvalue weighted by atomic mass is 9.97. The number of hydrogen-bond acceptors (Lipinski definition) is 6. The van der Waals surface area contributed by atoms with Crippen LogP contribution >= 0.6 is 0 Å². The van der Waals surface area contributed by atoms with E-state index in [-0.39, 0.29) is 23.7 Å². The fourth-order valence-electron chi connectivity index (χ4n) is 2.86. The van der Waals surface area contributed by atoms with Crippen LogP contribution < -0.4 is 5.32 Å². The van der Waals surface area contributed by atoms with Gasteiger partial charge in [0.05, 0.1) is 13.7 Å². The van der Waals surface area contributed by atoms with Crippen LogP contribution in [0.5, 0.6) is 0 Å². The van der Waals surface area contributed by atoms with Gasteiger partial charge >= 0.3 is 17.8 Å². The minimum atomic E-state index is -4.68. The summed E-state index contributed by atoms with van der Waals surface area (Å²) in [6, 6.07) is 4.00. The van der Waals surface area contributed by atoms with Gasteiger partial charge < -0.3 is 14.8 Å². The van der Waals surface area contributed by atoms with Gasteiger partial charge in [-0.05, 0) is 18.6 Å². The molecule has 2 atom stereocenters. The lowest BCUT2D eigenvalue weighted by molar-refractivity contribution is -0.166. The first kappa shape index (κ1) is 18.3. The van der Waals surface area contributed by atoms with Gasteiger partial charge in [-0.15, -0.1) is 10.2 Å². The first-order valence-electron chi connectivity index (χ1n) is 7.86. The molecule has 26 heavy (non-hydrogen) atoms. The molecule has 0 spiro atoms. The van der Waals surface area contributed by atoms with Gasteiger partial charge in [-0.3, -0.25) is 4.79 Å². The average molecular weight is 371 g/mol. The van der Waals surface area contributed by atoms with Crippen LogP contribution in [0.1, 0.15) is 22.3 Å². The number of alkyl halides is 3. The summed E-state index contributed by atoms with van der Waals surface area (Å²) in [5.74, 6) is -1.58. The summed E-state index contributed by atoms with van der Waals surface area (Å²) in [5.41, 5.74) is -2.89. The van der Waals surface area contributed by atoms with E-state index in [2.05, 4.69) is 15.5 Å². The van der Waals surface area contributed by atoms with E-state index in [1.54, 1.807) is 0 Å². The molecule has 7 nitrogen and oxygen atoms in total. The smallest absolute Gasteiger partial charge is 0.442 e. The van der Waals surface area contributed by atoms with Crippen LogP contribution in [0.25, 0.3) is 0 Å². The summed E-state index contributed by atoms with van der Waals surface area (Å²) < 4.78 is 49.3. The van der Waals surface area contributed by atoms with Crippen molar-refractivity contribution in [1.82, 2.24) is 5.32 Å². The zero-order chi connectivity index (χ0) is 18.9. The Labute approximate surface area is 146 Å². The van der Waals surface area contributed by atoms with E-state index < -0.39 is 29.8 Å². The predicted octanol–water partition coefficient (Wildman–Crippen LogP) is 2.18. The summed E-state index contributed by atoms with van der Waals surface area (Å²) in [7, 11) is 1.20. The maximum absolute atomic E-state index is 13.1. The molecule has 1 aromatic carbocycles. The molecule has 2 unspecified atom stereocenters. The van der Waals surface area contributed by atoms with Gasteiger partial charge in [0.1, 0.15) is 6.04 Å². The van der Waals surface area contributed by atoms with Gasteiger partial charge in [-0.25, -0.2) is 4.79 Å². The van der Waals surface area contributed by atoms with Crippen molar-refractivity contribution in [3.8, 4) is 0 Å². The molecular weight excluding hydrogens is 355 g/mol. The van der Waals surface area contributed by atoms with E-state index in [1.165, 1.54) is 25.3 Å². The second-order valence-corrected chi connectivity index (χ2v) is 6.05. The summed E-state index contributed by atoms with van der Waals surface area (Å²) in [6.07, 6.45) is -4.12. The number of rotatable bonds is 5. The molecule has 0 saturated carbocycles. The fraction of sp³-hybridized carbons (Fsp3) is 0.500. The lowest BCUT2D eigenvalue weighted by Gasteiger charge is -2.21. The molecule has 0 aromatic heterocycles. The van der Waals surface area contributed by atoms with Crippen LogP contribution in [0.4, 0.5) is 13.2 Å². The highest BCUT2D eigenvalue weighted by Gasteiger charge is 2.65. The highest BCUT2D eigenvalue weighted by Crippen LogP contribution is 2.52. The van der Waals surface area contributed by atoms with Crippen LogP contribution in [0.15, 0.2) is 34.5 Å². The zero-order valence-corrected chi connectivity index (χ0v) is 13.7. The standard InChI is InChI=1S/C16H16F3N3O4/c1-25-14(24)12(10-5-6-26-8-10)20-13(23)9-3-2-4-11(7-9)15(21-22-15)16(17,18)19/h2-4,7,10,12H,5-6,8H2,1H3,(H,20,23). The molecule has 2 aliphatic rings. The van der Waals surface area contributed by atoms with Crippen molar-refractivity contribution >= 4 is 11.9 Å². The molecule has 2 heterocycles. The largest absolute Gasteiger partial charge is 0.467 e. The maximum atomic E-state index is 13.1. The highest BCUT2D eigenvalue weighted by molar-refractivity contribution is 5.97. The number of nitrogens with zero attached hydrogens (tertiary/aromatic N) is 2. The van der Waals surface area contributed by atoms with Crippen LogP contribution in [0.3, 0.4) is 0 Å². The van der Waals surface area contributed by atoms with Crippen LogP contribution in [0, 0.1) is 5.92 Å². The Morgan fingerprint density at radius 3 is 2.65 bits per heavy atom. The molecule has 1 fully saturated rings. The minimum absolute atomic E-state index is 0.0313. The quantitative estimate of drug-likeness (QED) is 0.804. The van der Waals surface area contributed by atoms with Crippen LogP contribution in [-0.4, -0.2) is 44.4 Å². The summed E-state index contributed by atoms with van der Waals surface area (Å²) in [5, 5.41) is 8.77. The molecule has 140 valence electrons. The number of esters is 1. The fourth-order valence-corrected chi connectivity index (χ4v) is 2.86. The Bertz CT molecular complexity index is 739. The summed E-state index contributed by atoms with van der Waals surface area (Å²) in [6.45, 7) is 0.746. The third-order valence-electron chi connectivity index (χ3n) is 4.40. The van der Waals surface area contributed by atoms with Gasteiger partial charge in [0.2, 0.25) is 0 Å². The molecule has 3 rings (SSSR count). The molecule has 2 aliphatic heterocycles. The first-order valence-corrected chi connectivity index (χ1v) is 7.86. The molecule has 0 bridgehead atoms. The van der Waals surface area contributed by atoms with Crippen molar-refractivity contribution in [3.05, 3.63) is 35.4 Å². The number of ether oxygens (including phenoxy) is 2. The average Bonchev–Trinajstić information content (AvgIpc) is 3.28. The number of nitrogens with one attached hydrogen (secondary N) is 1.